The molecule has 5 heterocycles. The average Bonchev–Trinajstić information content (AvgIpc) is 3.42. The van der Waals surface area contributed by atoms with Gasteiger partial charge >= 0.3 is 0 Å². The van der Waals surface area contributed by atoms with Crippen LogP contribution in [-0.4, -0.2) is 47.7 Å². The highest BCUT2D eigenvalue weighted by atomic mass is 15.3. The van der Waals surface area contributed by atoms with Gasteiger partial charge in [0.2, 0.25) is 0 Å². The maximum absolute atomic E-state index is 4.86. The Balaban J connectivity index is 1.39. The summed E-state index contributed by atoms with van der Waals surface area (Å²) >= 11 is 0. The van der Waals surface area contributed by atoms with Gasteiger partial charge in [-0.05, 0) is 49.2 Å². The molecule has 2 saturated heterocycles. The van der Waals surface area contributed by atoms with Crippen LogP contribution in [-0.2, 0) is 0 Å². The largest absolute Gasteiger partial charge is 0.371 e. The van der Waals surface area contributed by atoms with Gasteiger partial charge in [0.25, 0.3) is 0 Å². The van der Waals surface area contributed by atoms with Crippen molar-refractivity contribution >= 4 is 11.5 Å². The zero-order valence-electron chi connectivity index (χ0n) is 16.1. The standard InChI is InChI=1S/C23H25N5/c1-26-12-16-14-27(15-17(16)13-26)23-18(6-4-10-24-23)22-21-9-5-11-28(21)20-8-3-2-7-19(20)25-22/h2-11,16-17,22,25H,12-15H2,1H3/t16-,17+,22?. The van der Waals surface area contributed by atoms with Crippen LogP contribution < -0.4 is 10.2 Å². The summed E-state index contributed by atoms with van der Waals surface area (Å²) in [5.41, 5.74) is 4.92. The lowest BCUT2D eigenvalue weighted by Gasteiger charge is -2.32. The number of likely N-dealkylation sites (tertiary alicyclic amines) is 1. The molecule has 5 nitrogen and oxygen atoms in total. The van der Waals surface area contributed by atoms with Gasteiger partial charge in [-0.2, -0.15) is 0 Å². The van der Waals surface area contributed by atoms with Crippen molar-refractivity contribution in [3.05, 3.63) is 72.2 Å². The van der Waals surface area contributed by atoms with E-state index in [4.69, 9.17) is 4.98 Å². The summed E-state index contributed by atoms with van der Waals surface area (Å²) in [5.74, 6) is 2.68. The van der Waals surface area contributed by atoms with Gasteiger partial charge in [0.05, 0.1) is 17.4 Å². The molecule has 2 aromatic heterocycles. The second kappa shape index (κ2) is 6.11. The summed E-state index contributed by atoms with van der Waals surface area (Å²) in [5, 5.41) is 3.78. The quantitative estimate of drug-likeness (QED) is 0.749. The lowest BCUT2D eigenvalue weighted by molar-refractivity contribution is 0.386. The zero-order chi connectivity index (χ0) is 18.7. The lowest BCUT2D eigenvalue weighted by Crippen LogP contribution is -2.30. The van der Waals surface area contributed by atoms with E-state index in [1.807, 2.05) is 6.20 Å². The molecule has 1 aromatic carbocycles. The van der Waals surface area contributed by atoms with Crippen LogP contribution in [0.1, 0.15) is 17.3 Å². The van der Waals surface area contributed by atoms with Crippen molar-refractivity contribution in [1.82, 2.24) is 14.5 Å². The van der Waals surface area contributed by atoms with Crippen molar-refractivity contribution in [2.45, 2.75) is 6.04 Å². The van der Waals surface area contributed by atoms with E-state index in [0.717, 1.165) is 30.7 Å². The van der Waals surface area contributed by atoms with Crippen molar-refractivity contribution in [2.75, 3.05) is 43.4 Å². The molecule has 0 aliphatic carbocycles. The first-order chi connectivity index (χ1) is 13.8. The van der Waals surface area contributed by atoms with Gasteiger partial charge in [-0.3, -0.25) is 0 Å². The Morgan fingerprint density at radius 3 is 2.61 bits per heavy atom. The van der Waals surface area contributed by atoms with E-state index >= 15 is 0 Å². The highest BCUT2D eigenvalue weighted by Crippen LogP contribution is 2.41. The van der Waals surface area contributed by atoms with Crippen LogP contribution in [0.4, 0.5) is 11.5 Å². The smallest absolute Gasteiger partial charge is 0.134 e. The molecule has 6 rings (SSSR count). The monoisotopic (exact) mass is 371 g/mol. The van der Waals surface area contributed by atoms with Crippen LogP contribution in [0.2, 0.25) is 0 Å². The molecule has 28 heavy (non-hydrogen) atoms. The molecule has 0 saturated carbocycles. The third kappa shape index (κ3) is 2.39. The van der Waals surface area contributed by atoms with Crippen LogP contribution in [0.15, 0.2) is 60.9 Å². The van der Waals surface area contributed by atoms with Gasteiger partial charge in [-0.1, -0.05) is 18.2 Å². The predicted octanol–water partition coefficient (Wildman–Crippen LogP) is 3.39. The lowest BCUT2D eigenvalue weighted by atomic mass is 10.0. The van der Waals surface area contributed by atoms with Crippen LogP contribution in [0, 0.1) is 11.8 Å². The Morgan fingerprint density at radius 2 is 1.75 bits per heavy atom. The first kappa shape index (κ1) is 16.2. The summed E-state index contributed by atoms with van der Waals surface area (Å²) < 4.78 is 2.31. The Morgan fingerprint density at radius 1 is 0.929 bits per heavy atom. The molecule has 0 radical (unpaired) electrons. The molecule has 0 bridgehead atoms. The Kier molecular flexibility index (Phi) is 3.53. The first-order valence-electron chi connectivity index (χ1n) is 10.2. The van der Waals surface area contributed by atoms with Gasteiger partial charge in [0.1, 0.15) is 5.82 Å². The minimum Gasteiger partial charge on any atom is -0.371 e. The normalized spacial score (nSPS) is 25.9. The number of para-hydroxylation sites is 2. The average molecular weight is 371 g/mol. The molecule has 3 aliphatic rings. The van der Waals surface area contributed by atoms with E-state index in [0.29, 0.717) is 0 Å². The van der Waals surface area contributed by atoms with E-state index in [2.05, 4.69) is 81.5 Å². The number of aromatic nitrogens is 2. The summed E-state index contributed by atoms with van der Waals surface area (Å²) in [4.78, 5) is 9.85. The SMILES string of the molecule is CN1C[C@@H]2CN(c3ncccc3C3Nc4ccccc4-n4cccc43)C[C@@H]2C1. The van der Waals surface area contributed by atoms with Crippen molar-refractivity contribution in [1.29, 1.82) is 0 Å². The molecule has 3 aromatic rings. The highest BCUT2D eigenvalue weighted by molar-refractivity contribution is 5.68. The molecule has 0 amide bonds. The number of benzene rings is 1. The van der Waals surface area contributed by atoms with Crippen LogP contribution >= 0.6 is 0 Å². The van der Waals surface area contributed by atoms with E-state index in [1.54, 1.807) is 0 Å². The van der Waals surface area contributed by atoms with Gasteiger partial charge in [0.15, 0.2) is 0 Å². The molecule has 1 N–H and O–H groups in total. The fraction of sp³-hybridized carbons (Fsp3) is 0.348. The van der Waals surface area contributed by atoms with Crippen molar-refractivity contribution in [3.63, 3.8) is 0 Å². The maximum Gasteiger partial charge on any atom is 0.134 e. The minimum atomic E-state index is 0.108. The number of nitrogens with one attached hydrogen (secondary N) is 1. The topological polar surface area (TPSA) is 36.3 Å². The summed E-state index contributed by atoms with van der Waals surface area (Å²) in [6.07, 6.45) is 4.10. The summed E-state index contributed by atoms with van der Waals surface area (Å²) in [7, 11) is 2.24. The van der Waals surface area contributed by atoms with Crippen LogP contribution in [0.25, 0.3) is 5.69 Å². The summed E-state index contributed by atoms with van der Waals surface area (Å²) in [6.45, 7) is 4.65. The molecule has 142 valence electrons. The highest BCUT2D eigenvalue weighted by Gasteiger charge is 2.40. The number of fused-ring (bicyclic) bond motifs is 4. The van der Waals surface area contributed by atoms with E-state index < -0.39 is 0 Å². The molecule has 2 fully saturated rings. The van der Waals surface area contributed by atoms with E-state index in [-0.39, 0.29) is 6.04 Å². The molecule has 1 unspecified atom stereocenters. The van der Waals surface area contributed by atoms with Crippen molar-refractivity contribution < 1.29 is 0 Å². The predicted molar refractivity (Wildman–Crippen MR) is 112 cm³/mol. The molecular formula is C23H25N5. The first-order valence-corrected chi connectivity index (χ1v) is 10.2. The van der Waals surface area contributed by atoms with Gasteiger partial charge in [0, 0.05) is 49.8 Å². The number of pyridine rings is 1. The Bertz CT molecular complexity index is 1010. The number of anilines is 2. The minimum absolute atomic E-state index is 0.108. The number of nitrogens with zero attached hydrogens (tertiary/aromatic N) is 4. The fourth-order valence-electron chi connectivity index (χ4n) is 5.42. The fourth-order valence-corrected chi connectivity index (χ4v) is 5.42. The van der Waals surface area contributed by atoms with E-state index in [9.17, 15) is 0 Å². The number of rotatable bonds is 2. The molecular weight excluding hydrogens is 346 g/mol. The second-order valence-corrected chi connectivity index (χ2v) is 8.46. The van der Waals surface area contributed by atoms with Crippen molar-refractivity contribution in [3.8, 4) is 5.69 Å². The van der Waals surface area contributed by atoms with E-state index in [1.165, 1.54) is 35.7 Å². The zero-order valence-corrected chi connectivity index (χ0v) is 16.1. The third-order valence-electron chi connectivity index (χ3n) is 6.64. The number of hydrogen-bond acceptors (Lipinski definition) is 4. The molecule has 5 heteroatoms. The molecule has 3 atom stereocenters. The van der Waals surface area contributed by atoms with Gasteiger partial charge in [-0.25, -0.2) is 4.98 Å². The third-order valence-corrected chi connectivity index (χ3v) is 6.64. The van der Waals surface area contributed by atoms with Crippen LogP contribution in [0.5, 0.6) is 0 Å². The second-order valence-electron chi connectivity index (χ2n) is 8.46. The summed E-state index contributed by atoms with van der Waals surface area (Å²) in [6, 6.07) is 17.3. The van der Waals surface area contributed by atoms with Gasteiger partial charge in [-0.15, -0.1) is 0 Å². The molecule has 3 aliphatic heterocycles. The van der Waals surface area contributed by atoms with Crippen molar-refractivity contribution in [2.24, 2.45) is 11.8 Å². The Labute approximate surface area is 165 Å². The Hall–Kier alpha value is -2.79. The maximum atomic E-state index is 4.86. The molecule has 0 spiro atoms. The van der Waals surface area contributed by atoms with Crippen LogP contribution in [0.3, 0.4) is 0 Å². The number of hydrogen-bond donors (Lipinski definition) is 1. The van der Waals surface area contributed by atoms with Gasteiger partial charge < -0.3 is 19.7 Å².